The van der Waals surface area contributed by atoms with E-state index in [4.69, 9.17) is 10.00 Å². The molecule has 90 valence electrons. The molecule has 0 radical (unpaired) electrons. The first-order chi connectivity index (χ1) is 8.32. The van der Waals surface area contributed by atoms with Crippen molar-refractivity contribution in [2.24, 2.45) is 0 Å². The van der Waals surface area contributed by atoms with Crippen LogP contribution in [0.5, 0.6) is 0 Å². The van der Waals surface area contributed by atoms with Crippen molar-refractivity contribution in [3.63, 3.8) is 0 Å². The highest BCUT2D eigenvalue weighted by Gasteiger charge is 2.43. The molecule has 2 fully saturated rings. The molecule has 0 aromatic carbocycles. The fourth-order valence-corrected chi connectivity index (χ4v) is 3.82. The van der Waals surface area contributed by atoms with Crippen LogP contribution in [0.15, 0.2) is 12.1 Å². The molecule has 2 aliphatic heterocycles. The third-order valence-electron chi connectivity index (χ3n) is 3.94. The lowest BCUT2D eigenvalue weighted by atomic mass is 9.95. The Morgan fingerprint density at radius 2 is 2.41 bits per heavy atom. The Hall–Kier alpha value is -0.890. The Morgan fingerprint density at radius 1 is 1.47 bits per heavy atom. The molecule has 0 amide bonds. The normalized spacial score (nSPS) is 28.9. The fraction of sp³-hybridized carbons (Fsp3) is 0.615. The van der Waals surface area contributed by atoms with Gasteiger partial charge < -0.3 is 4.74 Å². The molecule has 0 bridgehead atoms. The molecule has 3 nitrogen and oxygen atoms in total. The first kappa shape index (κ1) is 11.2. The molecule has 0 unspecified atom stereocenters. The average Bonchev–Trinajstić information content (AvgIpc) is 3.04. The third kappa shape index (κ3) is 1.99. The van der Waals surface area contributed by atoms with E-state index in [0.29, 0.717) is 5.54 Å². The number of nitrogens with zero attached hydrogens (tertiary/aromatic N) is 2. The van der Waals surface area contributed by atoms with Crippen LogP contribution in [0.2, 0.25) is 0 Å². The molecule has 0 N–H and O–H groups in total. The fourth-order valence-electron chi connectivity index (χ4n) is 3.00. The molecule has 1 spiro atoms. The standard InChI is InChI=1S/C13H16N2OS/c14-8-11-2-3-12(17-11)9-15-6-1-4-13(15)5-7-16-10-13/h2-3H,1,4-7,9-10H2/t13-/m0/s1. The van der Waals surface area contributed by atoms with Gasteiger partial charge in [0.15, 0.2) is 0 Å². The van der Waals surface area contributed by atoms with E-state index >= 15 is 0 Å². The highest BCUT2D eigenvalue weighted by molar-refractivity contribution is 7.12. The zero-order chi connectivity index (χ0) is 11.7. The quantitative estimate of drug-likeness (QED) is 0.806. The highest BCUT2D eigenvalue weighted by atomic mass is 32.1. The third-order valence-corrected chi connectivity index (χ3v) is 4.92. The van der Waals surface area contributed by atoms with Gasteiger partial charge >= 0.3 is 0 Å². The first-order valence-electron chi connectivity index (χ1n) is 6.14. The number of ether oxygens (including phenoxy) is 1. The zero-order valence-electron chi connectivity index (χ0n) is 9.82. The van der Waals surface area contributed by atoms with Crippen molar-refractivity contribution < 1.29 is 4.74 Å². The lowest BCUT2D eigenvalue weighted by Crippen LogP contribution is -2.43. The maximum absolute atomic E-state index is 8.84. The van der Waals surface area contributed by atoms with Gasteiger partial charge in [-0.05, 0) is 37.9 Å². The Morgan fingerprint density at radius 3 is 3.12 bits per heavy atom. The molecule has 1 aromatic heterocycles. The second-order valence-corrected chi connectivity index (χ2v) is 6.10. The second kappa shape index (κ2) is 4.41. The van der Waals surface area contributed by atoms with Crippen LogP contribution in [-0.4, -0.2) is 30.2 Å². The number of nitriles is 1. The summed E-state index contributed by atoms with van der Waals surface area (Å²) in [6, 6.07) is 6.22. The van der Waals surface area contributed by atoms with Crippen LogP contribution in [0.4, 0.5) is 0 Å². The van der Waals surface area contributed by atoms with Gasteiger partial charge in [0, 0.05) is 23.6 Å². The van der Waals surface area contributed by atoms with Crippen molar-refractivity contribution in [1.29, 1.82) is 5.26 Å². The van der Waals surface area contributed by atoms with Crippen LogP contribution in [0.25, 0.3) is 0 Å². The van der Waals surface area contributed by atoms with E-state index in [1.165, 1.54) is 30.7 Å². The Balaban J connectivity index is 1.74. The molecular formula is C13H16N2OS. The van der Waals surface area contributed by atoms with Crippen LogP contribution < -0.4 is 0 Å². The number of rotatable bonds is 2. The van der Waals surface area contributed by atoms with Gasteiger partial charge in [-0.3, -0.25) is 4.90 Å². The van der Waals surface area contributed by atoms with Crippen molar-refractivity contribution in [2.75, 3.05) is 19.8 Å². The van der Waals surface area contributed by atoms with E-state index in [0.717, 1.165) is 24.6 Å². The summed E-state index contributed by atoms with van der Waals surface area (Å²) >= 11 is 1.62. The summed E-state index contributed by atoms with van der Waals surface area (Å²) in [5, 5.41) is 8.84. The van der Waals surface area contributed by atoms with Crippen LogP contribution in [-0.2, 0) is 11.3 Å². The van der Waals surface area contributed by atoms with Gasteiger partial charge in [0.2, 0.25) is 0 Å². The van der Waals surface area contributed by atoms with Crippen LogP contribution >= 0.6 is 11.3 Å². The molecule has 0 aliphatic carbocycles. The second-order valence-electron chi connectivity index (χ2n) is 4.93. The number of hydrogen-bond acceptors (Lipinski definition) is 4. The molecule has 2 saturated heterocycles. The molecule has 17 heavy (non-hydrogen) atoms. The first-order valence-corrected chi connectivity index (χ1v) is 6.96. The maximum Gasteiger partial charge on any atom is 0.110 e. The summed E-state index contributed by atoms with van der Waals surface area (Å²) in [6.45, 7) is 3.95. The number of hydrogen-bond donors (Lipinski definition) is 0. The van der Waals surface area contributed by atoms with Crippen molar-refractivity contribution in [2.45, 2.75) is 31.3 Å². The highest BCUT2D eigenvalue weighted by Crippen LogP contribution is 2.38. The summed E-state index contributed by atoms with van der Waals surface area (Å²) < 4.78 is 5.59. The van der Waals surface area contributed by atoms with Gasteiger partial charge in [-0.2, -0.15) is 5.26 Å². The average molecular weight is 248 g/mol. The summed E-state index contributed by atoms with van der Waals surface area (Å²) in [5.41, 5.74) is 0.302. The topological polar surface area (TPSA) is 36.3 Å². The van der Waals surface area contributed by atoms with E-state index in [-0.39, 0.29) is 0 Å². The molecule has 2 aliphatic rings. The van der Waals surface area contributed by atoms with Gasteiger partial charge in [-0.15, -0.1) is 11.3 Å². The molecule has 3 rings (SSSR count). The molecule has 3 heterocycles. The van der Waals surface area contributed by atoms with E-state index in [9.17, 15) is 0 Å². The van der Waals surface area contributed by atoms with Crippen LogP contribution in [0, 0.1) is 11.3 Å². The molecular weight excluding hydrogens is 232 g/mol. The molecule has 0 saturated carbocycles. The monoisotopic (exact) mass is 248 g/mol. The van der Waals surface area contributed by atoms with Crippen molar-refractivity contribution in [3.8, 4) is 6.07 Å². The van der Waals surface area contributed by atoms with Crippen molar-refractivity contribution in [3.05, 3.63) is 21.9 Å². The Bertz CT molecular complexity index is 437. The van der Waals surface area contributed by atoms with Gasteiger partial charge in [0.25, 0.3) is 0 Å². The van der Waals surface area contributed by atoms with Crippen LogP contribution in [0.1, 0.15) is 29.0 Å². The van der Waals surface area contributed by atoms with E-state index in [1.807, 2.05) is 6.07 Å². The largest absolute Gasteiger partial charge is 0.379 e. The van der Waals surface area contributed by atoms with E-state index in [1.54, 1.807) is 11.3 Å². The molecule has 1 atom stereocenters. The minimum absolute atomic E-state index is 0.302. The van der Waals surface area contributed by atoms with Gasteiger partial charge in [0.1, 0.15) is 10.9 Å². The summed E-state index contributed by atoms with van der Waals surface area (Å²) in [6.07, 6.45) is 3.72. The maximum atomic E-state index is 8.84. The summed E-state index contributed by atoms with van der Waals surface area (Å²) in [5.74, 6) is 0. The molecule has 4 heteroatoms. The van der Waals surface area contributed by atoms with E-state index in [2.05, 4.69) is 17.0 Å². The van der Waals surface area contributed by atoms with Gasteiger partial charge in [-0.25, -0.2) is 0 Å². The predicted molar refractivity (Wildman–Crippen MR) is 66.8 cm³/mol. The van der Waals surface area contributed by atoms with E-state index < -0.39 is 0 Å². The lowest BCUT2D eigenvalue weighted by Gasteiger charge is -2.33. The Kier molecular flexibility index (Phi) is 2.91. The zero-order valence-corrected chi connectivity index (χ0v) is 10.6. The summed E-state index contributed by atoms with van der Waals surface area (Å²) in [7, 11) is 0. The predicted octanol–water partition coefficient (Wildman–Crippen LogP) is 2.37. The molecule has 1 aromatic rings. The number of thiophene rings is 1. The number of likely N-dealkylation sites (tertiary alicyclic amines) is 1. The van der Waals surface area contributed by atoms with Crippen molar-refractivity contribution >= 4 is 11.3 Å². The van der Waals surface area contributed by atoms with Gasteiger partial charge in [-0.1, -0.05) is 0 Å². The van der Waals surface area contributed by atoms with Crippen molar-refractivity contribution in [1.82, 2.24) is 4.90 Å². The smallest absolute Gasteiger partial charge is 0.110 e. The van der Waals surface area contributed by atoms with Crippen LogP contribution in [0.3, 0.4) is 0 Å². The minimum Gasteiger partial charge on any atom is -0.379 e. The minimum atomic E-state index is 0.302. The lowest BCUT2D eigenvalue weighted by molar-refractivity contribution is 0.0968. The SMILES string of the molecule is N#Cc1ccc(CN2CCC[C@@]23CCOC3)s1. The Labute approximate surface area is 106 Å². The van der Waals surface area contributed by atoms with Gasteiger partial charge in [0.05, 0.1) is 6.61 Å². The summed E-state index contributed by atoms with van der Waals surface area (Å²) in [4.78, 5) is 4.68.